The van der Waals surface area contributed by atoms with Crippen molar-refractivity contribution in [1.82, 2.24) is 4.98 Å². The minimum absolute atomic E-state index is 0.0872. The van der Waals surface area contributed by atoms with Crippen molar-refractivity contribution >= 4 is 32.7 Å². The summed E-state index contributed by atoms with van der Waals surface area (Å²) >= 11 is 3.40. The monoisotopic (exact) mass is 344 g/mol. The van der Waals surface area contributed by atoms with Crippen LogP contribution in [0, 0.1) is 0 Å². The zero-order valence-corrected chi connectivity index (χ0v) is 13.9. The number of hydrogen-bond acceptors (Lipinski definition) is 3. The molecule has 0 bridgehead atoms. The molecule has 0 unspecified atom stereocenters. The van der Waals surface area contributed by atoms with Crippen LogP contribution in [0.15, 0.2) is 45.3 Å². The van der Waals surface area contributed by atoms with E-state index < -0.39 is 0 Å². The van der Waals surface area contributed by atoms with E-state index in [9.17, 15) is 0 Å². The number of hydrogen-bond donors (Lipinski definition) is 1. The van der Waals surface area contributed by atoms with Crippen molar-refractivity contribution in [2.75, 3.05) is 5.73 Å². The summed E-state index contributed by atoms with van der Waals surface area (Å²) in [6, 6.07) is 11.8. The van der Waals surface area contributed by atoms with E-state index in [1.807, 2.05) is 24.3 Å². The molecule has 21 heavy (non-hydrogen) atoms. The van der Waals surface area contributed by atoms with Crippen molar-refractivity contribution in [3.05, 3.63) is 46.4 Å². The lowest BCUT2D eigenvalue weighted by atomic mass is 9.87. The maximum atomic E-state index is 6.04. The number of aromatic nitrogens is 1. The average molecular weight is 345 g/mol. The van der Waals surface area contributed by atoms with Gasteiger partial charge in [0.25, 0.3) is 0 Å². The van der Waals surface area contributed by atoms with Crippen molar-refractivity contribution in [1.29, 1.82) is 0 Å². The smallest absolute Gasteiger partial charge is 0.229 e. The van der Waals surface area contributed by atoms with Crippen LogP contribution in [0.2, 0.25) is 0 Å². The summed E-state index contributed by atoms with van der Waals surface area (Å²) in [6.45, 7) is 6.55. The number of rotatable bonds is 1. The fraction of sp³-hybridized carbons (Fsp3) is 0.235. The summed E-state index contributed by atoms with van der Waals surface area (Å²) in [6.07, 6.45) is 0. The summed E-state index contributed by atoms with van der Waals surface area (Å²) in [7, 11) is 0. The van der Waals surface area contributed by atoms with E-state index in [-0.39, 0.29) is 5.41 Å². The molecule has 2 N–H and O–H groups in total. The van der Waals surface area contributed by atoms with Crippen molar-refractivity contribution in [2.24, 2.45) is 0 Å². The second kappa shape index (κ2) is 4.88. The molecule has 3 nitrogen and oxygen atoms in total. The van der Waals surface area contributed by atoms with Gasteiger partial charge in [-0.05, 0) is 41.3 Å². The van der Waals surface area contributed by atoms with Gasteiger partial charge in [0.15, 0.2) is 5.58 Å². The van der Waals surface area contributed by atoms with Crippen LogP contribution in [0.1, 0.15) is 26.3 Å². The first-order chi connectivity index (χ1) is 9.84. The fourth-order valence-corrected chi connectivity index (χ4v) is 2.62. The second-order valence-electron chi connectivity index (χ2n) is 6.18. The molecule has 0 spiro atoms. The zero-order valence-electron chi connectivity index (χ0n) is 12.3. The Morgan fingerprint density at radius 3 is 2.52 bits per heavy atom. The van der Waals surface area contributed by atoms with E-state index in [2.05, 4.69) is 53.8 Å². The van der Waals surface area contributed by atoms with Crippen LogP contribution in [0.3, 0.4) is 0 Å². The van der Waals surface area contributed by atoms with Gasteiger partial charge in [-0.1, -0.05) is 42.8 Å². The van der Waals surface area contributed by atoms with Gasteiger partial charge < -0.3 is 10.2 Å². The van der Waals surface area contributed by atoms with Gasteiger partial charge in [-0.2, -0.15) is 0 Å². The molecule has 4 heteroatoms. The number of nitrogens with zero attached hydrogens (tertiary/aromatic N) is 1. The van der Waals surface area contributed by atoms with Crippen LogP contribution < -0.4 is 5.73 Å². The topological polar surface area (TPSA) is 52.0 Å². The minimum atomic E-state index is 0.0872. The third-order valence-corrected chi connectivity index (χ3v) is 3.99. The van der Waals surface area contributed by atoms with Crippen LogP contribution >= 0.6 is 15.9 Å². The summed E-state index contributed by atoms with van der Waals surface area (Å²) in [5.41, 5.74) is 10.5. The third-order valence-electron chi connectivity index (χ3n) is 3.50. The van der Waals surface area contributed by atoms with Crippen molar-refractivity contribution in [2.45, 2.75) is 26.2 Å². The van der Waals surface area contributed by atoms with Gasteiger partial charge in [0, 0.05) is 10.2 Å². The molecule has 0 aliphatic heterocycles. The summed E-state index contributed by atoms with van der Waals surface area (Å²) in [5.74, 6) is 0.557. The standard InChI is InChI=1S/C17H17BrN2O/c1-17(2,3)10-4-7-15-14(8-10)20-16(21-15)12-6-5-11(18)9-13(12)19/h4-9H,19H2,1-3H3. The van der Waals surface area contributed by atoms with E-state index in [1.54, 1.807) is 0 Å². The van der Waals surface area contributed by atoms with Crippen LogP contribution in [0.25, 0.3) is 22.6 Å². The quantitative estimate of drug-likeness (QED) is 0.622. The van der Waals surface area contributed by atoms with Crippen LogP contribution in [0.4, 0.5) is 5.69 Å². The molecule has 3 aromatic rings. The largest absolute Gasteiger partial charge is 0.436 e. The SMILES string of the molecule is CC(C)(C)c1ccc2oc(-c3ccc(Br)cc3N)nc2c1. The molecular weight excluding hydrogens is 328 g/mol. The highest BCUT2D eigenvalue weighted by atomic mass is 79.9. The van der Waals surface area contributed by atoms with Gasteiger partial charge in [-0.25, -0.2) is 4.98 Å². The lowest BCUT2D eigenvalue weighted by molar-refractivity contribution is 0.590. The molecule has 0 aliphatic rings. The first kappa shape index (κ1) is 14.1. The highest BCUT2D eigenvalue weighted by Crippen LogP contribution is 2.32. The van der Waals surface area contributed by atoms with Gasteiger partial charge in [0.05, 0.1) is 5.56 Å². The van der Waals surface area contributed by atoms with Gasteiger partial charge in [-0.3, -0.25) is 0 Å². The highest BCUT2D eigenvalue weighted by Gasteiger charge is 2.17. The summed E-state index contributed by atoms with van der Waals surface area (Å²) in [5, 5.41) is 0. The average Bonchev–Trinajstić information content (AvgIpc) is 2.79. The van der Waals surface area contributed by atoms with Crippen LogP contribution in [-0.2, 0) is 5.41 Å². The summed E-state index contributed by atoms with van der Waals surface area (Å²) < 4.78 is 6.78. The van der Waals surface area contributed by atoms with E-state index >= 15 is 0 Å². The Kier molecular flexibility index (Phi) is 3.29. The van der Waals surface area contributed by atoms with Crippen LogP contribution in [-0.4, -0.2) is 4.98 Å². The number of nitrogen functional groups attached to an aromatic ring is 1. The maximum absolute atomic E-state index is 6.04. The van der Waals surface area contributed by atoms with E-state index in [0.29, 0.717) is 11.6 Å². The van der Waals surface area contributed by atoms with Gasteiger partial charge in [-0.15, -0.1) is 0 Å². The Balaban J connectivity index is 2.13. The molecule has 0 amide bonds. The lowest BCUT2D eigenvalue weighted by Crippen LogP contribution is -2.10. The number of anilines is 1. The van der Waals surface area contributed by atoms with Crippen molar-refractivity contribution < 1.29 is 4.42 Å². The number of benzene rings is 2. The Bertz CT molecular complexity index is 815. The first-order valence-electron chi connectivity index (χ1n) is 6.81. The molecule has 2 aromatic carbocycles. The van der Waals surface area contributed by atoms with Gasteiger partial charge in [0.1, 0.15) is 5.52 Å². The maximum Gasteiger partial charge on any atom is 0.229 e. The molecular formula is C17H17BrN2O. The molecule has 0 fully saturated rings. The predicted octanol–water partition coefficient (Wildman–Crippen LogP) is 5.14. The number of halogens is 1. The van der Waals surface area contributed by atoms with Gasteiger partial charge >= 0.3 is 0 Å². The van der Waals surface area contributed by atoms with Crippen molar-refractivity contribution in [3.8, 4) is 11.5 Å². The molecule has 0 atom stereocenters. The number of nitrogens with two attached hydrogens (primary N) is 1. The van der Waals surface area contributed by atoms with Crippen LogP contribution in [0.5, 0.6) is 0 Å². The normalized spacial score (nSPS) is 12.0. The Hall–Kier alpha value is -1.81. The molecule has 0 saturated heterocycles. The van der Waals surface area contributed by atoms with Gasteiger partial charge in [0.2, 0.25) is 5.89 Å². The Morgan fingerprint density at radius 2 is 1.86 bits per heavy atom. The molecule has 1 heterocycles. The molecule has 1 aromatic heterocycles. The lowest BCUT2D eigenvalue weighted by Gasteiger charge is -2.18. The van der Waals surface area contributed by atoms with Crippen molar-refractivity contribution in [3.63, 3.8) is 0 Å². The first-order valence-corrected chi connectivity index (χ1v) is 7.60. The molecule has 0 aliphatic carbocycles. The number of oxazole rings is 1. The molecule has 0 saturated carbocycles. The zero-order chi connectivity index (χ0) is 15.2. The summed E-state index contributed by atoms with van der Waals surface area (Å²) in [4.78, 5) is 4.59. The highest BCUT2D eigenvalue weighted by molar-refractivity contribution is 9.10. The second-order valence-corrected chi connectivity index (χ2v) is 7.10. The third kappa shape index (κ3) is 2.68. The van der Waals surface area contributed by atoms with E-state index in [4.69, 9.17) is 10.2 Å². The Morgan fingerprint density at radius 1 is 1.10 bits per heavy atom. The van der Waals surface area contributed by atoms with E-state index in [1.165, 1.54) is 5.56 Å². The number of fused-ring (bicyclic) bond motifs is 1. The van der Waals surface area contributed by atoms with E-state index in [0.717, 1.165) is 21.1 Å². The molecule has 3 rings (SSSR count). The Labute approximate surface area is 132 Å². The molecule has 108 valence electrons. The fourth-order valence-electron chi connectivity index (χ4n) is 2.24. The predicted molar refractivity (Wildman–Crippen MR) is 90.3 cm³/mol. The molecule has 0 radical (unpaired) electrons. The minimum Gasteiger partial charge on any atom is -0.436 e.